The van der Waals surface area contributed by atoms with E-state index in [-0.39, 0.29) is 35.8 Å². The number of piperidine rings is 1. The summed E-state index contributed by atoms with van der Waals surface area (Å²) >= 11 is 0. The Morgan fingerprint density at radius 3 is 2.81 bits per heavy atom. The second-order valence-corrected chi connectivity index (χ2v) is 10.2. The molecule has 2 aliphatic heterocycles. The average Bonchev–Trinajstić information content (AvgIpc) is 3.50. The Hall–Kier alpha value is -3.73. The number of nitrogens with zero attached hydrogens (tertiary/aromatic N) is 5. The zero-order chi connectivity index (χ0) is 25.7. The van der Waals surface area contributed by atoms with E-state index in [1.165, 1.54) is 18.2 Å². The third kappa shape index (κ3) is 4.37. The van der Waals surface area contributed by atoms with E-state index in [1.54, 1.807) is 9.42 Å². The van der Waals surface area contributed by atoms with E-state index in [2.05, 4.69) is 5.32 Å². The van der Waals surface area contributed by atoms with Crippen LogP contribution in [0, 0.1) is 5.82 Å². The lowest BCUT2D eigenvalue weighted by molar-refractivity contribution is -0.123. The largest absolute Gasteiger partial charge is 0.483 e. The highest BCUT2D eigenvalue weighted by Gasteiger charge is 2.42. The van der Waals surface area contributed by atoms with Gasteiger partial charge in [0.1, 0.15) is 17.4 Å². The third-order valence-corrected chi connectivity index (χ3v) is 7.52. The topological polar surface area (TPSA) is 118 Å². The number of carbonyl (C=O) groups excluding carboxylic acids is 2. The molecule has 1 saturated carbocycles. The Balaban J connectivity index is 1.48. The second-order valence-electron chi connectivity index (χ2n) is 10.2. The summed E-state index contributed by atoms with van der Waals surface area (Å²) in [5.74, 6) is -0.248. The van der Waals surface area contributed by atoms with Crippen LogP contribution in [0.2, 0.25) is 0 Å². The Bertz CT molecular complexity index is 1390. The number of benzene rings is 1. The molecule has 1 saturated heterocycles. The van der Waals surface area contributed by atoms with E-state index in [1.807, 2.05) is 24.1 Å². The van der Waals surface area contributed by atoms with Gasteiger partial charge in [0, 0.05) is 38.8 Å². The maximum atomic E-state index is 14.2. The van der Waals surface area contributed by atoms with Crippen LogP contribution in [-0.2, 0) is 10.3 Å². The number of nitrogens with one attached hydrogen (secondary N) is 1. The second kappa shape index (κ2) is 8.98. The van der Waals surface area contributed by atoms with Crippen molar-refractivity contribution >= 4 is 23.3 Å². The first-order valence-electron chi connectivity index (χ1n) is 12.7. The molecule has 37 heavy (non-hydrogen) atoms. The Labute approximate surface area is 213 Å². The van der Waals surface area contributed by atoms with Crippen molar-refractivity contribution in [3.8, 4) is 5.75 Å². The molecule has 4 heterocycles. The number of ether oxygens (including phenoxy) is 1. The van der Waals surface area contributed by atoms with Crippen molar-refractivity contribution in [3.05, 3.63) is 53.1 Å². The van der Waals surface area contributed by atoms with E-state index in [0.29, 0.717) is 25.3 Å². The number of halogens is 1. The molecular weight excluding hydrogens is 477 g/mol. The van der Waals surface area contributed by atoms with Crippen LogP contribution in [0.4, 0.5) is 10.2 Å². The van der Waals surface area contributed by atoms with E-state index >= 15 is 0 Å². The lowest BCUT2D eigenvalue weighted by atomic mass is 9.98. The molecule has 2 aromatic heterocycles. The maximum Gasteiger partial charge on any atom is 0.258 e. The number of aromatic nitrogens is 3. The van der Waals surface area contributed by atoms with Crippen molar-refractivity contribution in [2.24, 2.45) is 5.73 Å². The number of amides is 2. The van der Waals surface area contributed by atoms with Gasteiger partial charge in [0.15, 0.2) is 12.3 Å². The molecule has 1 aliphatic carbocycles. The lowest BCUT2D eigenvalue weighted by Crippen LogP contribution is -2.39. The molecule has 0 spiro atoms. The van der Waals surface area contributed by atoms with Gasteiger partial charge in [-0.3, -0.25) is 9.59 Å². The maximum absolute atomic E-state index is 14.2. The molecule has 2 amide bonds. The summed E-state index contributed by atoms with van der Waals surface area (Å²) in [5, 5.41) is 7.75. The van der Waals surface area contributed by atoms with Crippen LogP contribution in [0.3, 0.4) is 0 Å². The van der Waals surface area contributed by atoms with E-state index in [4.69, 9.17) is 20.6 Å². The molecule has 10 nitrogen and oxygen atoms in total. The van der Waals surface area contributed by atoms with Crippen molar-refractivity contribution in [1.82, 2.24) is 24.8 Å². The Morgan fingerprint density at radius 1 is 1.16 bits per heavy atom. The number of hydrogen-bond acceptors (Lipinski definition) is 7. The molecule has 0 radical (unpaired) electrons. The van der Waals surface area contributed by atoms with Crippen molar-refractivity contribution in [3.63, 3.8) is 0 Å². The average molecular weight is 508 g/mol. The number of rotatable bonds is 1. The fraction of sp³-hybridized carbons (Fsp3) is 0.462. The molecule has 2 fully saturated rings. The molecule has 6 rings (SSSR count). The molecule has 1 atom stereocenters. The highest BCUT2D eigenvalue weighted by Crippen LogP contribution is 2.43. The first-order valence-corrected chi connectivity index (χ1v) is 12.7. The van der Waals surface area contributed by atoms with Gasteiger partial charge in [-0.2, -0.15) is 9.61 Å². The number of hydrogen-bond donors (Lipinski definition) is 2. The van der Waals surface area contributed by atoms with Gasteiger partial charge in [0.25, 0.3) is 11.8 Å². The van der Waals surface area contributed by atoms with E-state index in [9.17, 15) is 14.0 Å². The van der Waals surface area contributed by atoms with Crippen LogP contribution in [-0.4, -0.2) is 64.6 Å². The van der Waals surface area contributed by atoms with Crippen molar-refractivity contribution < 1.29 is 18.7 Å². The summed E-state index contributed by atoms with van der Waals surface area (Å²) < 4.78 is 21.7. The van der Waals surface area contributed by atoms with E-state index in [0.717, 1.165) is 49.3 Å². The standard InChI is InChI=1S/C26H30FN7O3/c1-32-11-9-29-23(35)15-37-20-6-5-16(27)12-17(20)25(36)33-10-3-2-4-19(33)18-13-22-30-21(26(28)7-8-26)14-24(32)34(22)31-18/h5-6,12-14,19H,2-4,7-11,15,28H2,1H3,(H,29,35)/t19-/m0/s1. The first kappa shape index (κ1) is 23.7. The minimum absolute atomic E-state index is 0.0928. The normalized spacial score (nSPS) is 21.9. The summed E-state index contributed by atoms with van der Waals surface area (Å²) in [6.07, 6.45) is 4.23. The van der Waals surface area contributed by atoms with Crippen LogP contribution >= 0.6 is 0 Å². The van der Waals surface area contributed by atoms with Gasteiger partial charge in [-0.1, -0.05) is 0 Å². The molecule has 2 bridgehead atoms. The number of fused-ring (bicyclic) bond motifs is 4. The fourth-order valence-corrected chi connectivity index (χ4v) is 5.16. The Morgan fingerprint density at radius 2 is 2.00 bits per heavy atom. The molecule has 1 aromatic carbocycles. The quantitative estimate of drug-likeness (QED) is 0.518. The van der Waals surface area contributed by atoms with Crippen LogP contribution in [0.5, 0.6) is 5.75 Å². The SMILES string of the molecule is CN1CCNC(=O)COc2ccc(F)cc2C(=O)N2CCCC[C@H]2c2cc3nc(C4(N)CC4)cc1n3n2. The first-order chi connectivity index (χ1) is 17.8. The summed E-state index contributed by atoms with van der Waals surface area (Å²) in [6, 6.07) is 7.38. The molecule has 3 aliphatic rings. The van der Waals surface area contributed by atoms with Crippen LogP contribution in [0.1, 0.15) is 59.9 Å². The van der Waals surface area contributed by atoms with Crippen molar-refractivity contribution in [2.75, 3.05) is 38.2 Å². The van der Waals surface area contributed by atoms with Gasteiger partial charge in [0.05, 0.1) is 28.5 Å². The predicted octanol–water partition coefficient (Wildman–Crippen LogP) is 2.13. The van der Waals surface area contributed by atoms with Gasteiger partial charge < -0.3 is 25.6 Å². The van der Waals surface area contributed by atoms with Gasteiger partial charge in [0.2, 0.25) is 0 Å². The highest BCUT2D eigenvalue weighted by molar-refractivity contribution is 5.97. The highest BCUT2D eigenvalue weighted by atomic mass is 19.1. The van der Waals surface area contributed by atoms with Gasteiger partial charge in [-0.25, -0.2) is 9.37 Å². The molecule has 194 valence electrons. The Kier molecular flexibility index (Phi) is 5.74. The van der Waals surface area contributed by atoms with Crippen LogP contribution in [0.15, 0.2) is 30.3 Å². The molecule has 3 N–H and O–H groups in total. The van der Waals surface area contributed by atoms with Gasteiger partial charge >= 0.3 is 0 Å². The molecule has 0 unspecified atom stereocenters. The summed E-state index contributed by atoms with van der Waals surface area (Å²) in [4.78, 5) is 34.8. The minimum Gasteiger partial charge on any atom is -0.483 e. The van der Waals surface area contributed by atoms with Crippen molar-refractivity contribution in [1.29, 1.82) is 0 Å². The summed E-state index contributed by atoms with van der Waals surface area (Å²) in [6.45, 7) is 1.11. The van der Waals surface area contributed by atoms with Gasteiger partial charge in [-0.15, -0.1) is 0 Å². The smallest absolute Gasteiger partial charge is 0.258 e. The predicted molar refractivity (Wildman–Crippen MR) is 134 cm³/mol. The summed E-state index contributed by atoms with van der Waals surface area (Å²) in [5.41, 5.74) is 8.37. The van der Waals surface area contributed by atoms with Gasteiger partial charge in [-0.05, 0) is 50.3 Å². The zero-order valence-corrected chi connectivity index (χ0v) is 20.7. The van der Waals surface area contributed by atoms with Crippen LogP contribution < -0.4 is 20.7 Å². The monoisotopic (exact) mass is 507 g/mol. The van der Waals surface area contributed by atoms with Crippen LogP contribution in [0.25, 0.3) is 5.65 Å². The minimum atomic E-state index is -0.545. The number of carbonyl (C=O) groups is 2. The number of nitrogens with two attached hydrogens (primary N) is 1. The number of anilines is 1. The molecule has 3 aromatic rings. The van der Waals surface area contributed by atoms with Crippen molar-refractivity contribution in [2.45, 2.75) is 43.7 Å². The third-order valence-electron chi connectivity index (χ3n) is 7.52. The summed E-state index contributed by atoms with van der Waals surface area (Å²) in [7, 11) is 1.93. The fourth-order valence-electron chi connectivity index (χ4n) is 5.16. The number of likely N-dealkylation sites (N-methyl/N-ethyl adjacent to an activating group) is 1. The lowest BCUT2D eigenvalue weighted by Gasteiger charge is -2.35. The zero-order valence-electron chi connectivity index (χ0n) is 20.7. The molecule has 11 heteroatoms. The molecular formula is C26H30FN7O3. The van der Waals surface area contributed by atoms with E-state index < -0.39 is 11.4 Å².